The van der Waals surface area contributed by atoms with Crippen molar-refractivity contribution < 1.29 is 4.79 Å². The van der Waals surface area contributed by atoms with Crippen molar-refractivity contribution in [2.24, 2.45) is 11.1 Å². The molecule has 4 heteroatoms. The Kier molecular flexibility index (Phi) is 2.02. The third kappa shape index (κ3) is 1.43. The van der Waals surface area contributed by atoms with Crippen molar-refractivity contribution in [2.75, 3.05) is 0 Å². The van der Waals surface area contributed by atoms with Crippen LogP contribution in [-0.2, 0) is 4.79 Å². The molecule has 0 heterocycles. The highest BCUT2D eigenvalue weighted by Crippen LogP contribution is 2.46. The van der Waals surface area contributed by atoms with Crippen LogP contribution in [0.2, 0.25) is 0 Å². The first-order chi connectivity index (χ1) is 6.15. The van der Waals surface area contributed by atoms with Crippen LogP contribution in [-0.4, -0.2) is 16.9 Å². The van der Waals surface area contributed by atoms with Gasteiger partial charge in [-0.3, -0.25) is 4.79 Å². The van der Waals surface area contributed by atoms with Crippen LogP contribution in [0.4, 0.5) is 0 Å². The van der Waals surface area contributed by atoms with Gasteiger partial charge in [0.1, 0.15) is 0 Å². The molecule has 2 fully saturated rings. The molecule has 0 aliphatic heterocycles. The summed E-state index contributed by atoms with van der Waals surface area (Å²) in [5.74, 6) is 0.0599. The molecule has 2 aliphatic rings. The van der Waals surface area contributed by atoms with Crippen molar-refractivity contribution in [1.29, 1.82) is 0 Å². The number of amides is 1. The van der Waals surface area contributed by atoms with Crippen LogP contribution >= 0.6 is 12.2 Å². The zero-order valence-corrected chi connectivity index (χ0v) is 8.32. The second-order valence-corrected chi connectivity index (χ2v) is 4.49. The van der Waals surface area contributed by atoms with Gasteiger partial charge < -0.3 is 11.1 Å². The van der Waals surface area contributed by atoms with Gasteiger partial charge in [0.2, 0.25) is 5.91 Å². The summed E-state index contributed by atoms with van der Waals surface area (Å²) in [6.07, 6.45) is 5.12. The Morgan fingerprint density at radius 2 is 2.08 bits per heavy atom. The van der Waals surface area contributed by atoms with E-state index in [9.17, 15) is 4.79 Å². The first-order valence-corrected chi connectivity index (χ1v) is 5.17. The topological polar surface area (TPSA) is 55.1 Å². The second-order valence-electron chi connectivity index (χ2n) is 4.05. The van der Waals surface area contributed by atoms with Gasteiger partial charge in [0.05, 0.1) is 10.4 Å². The molecule has 3 nitrogen and oxygen atoms in total. The molecule has 0 unspecified atom stereocenters. The standard InChI is InChI=1S/C9H14N2OS/c10-7(13)9(4-5-9)8(12)11-6-2-1-3-6/h6H,1-5H2,(H2,10,13)(H,11,12). The van der Waals surface area contributed by atoms with E-state index in [2.05, 4.69) is 5.32 Å². The minimum absolute atomic E-state index is 0.0599. The molecule has 2 aliphatic carbocycles. The number of hydrogen-bond donors (Lipinski definition) is 2. The number of carbonyl (C=O) groups is 1. The van der Waals surface area contributed by atoms with Crippen molar-refractivity contribution >= 4 is 23.1 Å². The Balaban J connectivity index is 1.92. The first-order valence-electron chi connectivity index (χ1n) is 4.76. The Labute approximate surface area is 83.1 Å². The number of hydrogen-bond acceptors (Lipinski definition) is 2. The SMILES string of the molecule is NC(=S)C1(C(=O)NC2CCC2)CC1. The number of nitrogens with two attached hydrogens (primary N) is 1. The lowest BCUT2D eigenvalue weighted by Crippen LogP contribution is -2.46. The van der Waals surface area contributed by atoms with Gasteiger partial charge in [0, 0.05) is 6.04 Å². The van der Waals surface area contributed by atoms with Gasteiger partial charge in [0.15, 0.2) is 0 Å². The summed E-state index contributed by atoms with van der Waals surface area (Å²) in [6.45, 7) is 0. The second kappa shape index (κ2) is 2.94. The predicted molar refractivity (Wildman–Crippen MR) is 54.2 cm³/mol. The Hall–Kier alpha value is -0.640. The first kappa shape index (κ1) is 8.94. The highest BCUT2D eigenvalue weighted by molar-refractivity contribution is 7.80. The molecule has 3 N–H and O–H groups in total. The van der Waals surface area contributed by atoms with E-state index in [0.29, 0.717) is 11.0 Å². The molecule has 0 aromatic rings. The van der Waals surface area contributed by atoms with Gasteiger partial charge in [-0.15, -0.1) is 0 Å². The van der Waals surface area contributed by atoms with Crippen LogP contribution in [0, 0.1) is 5.41 Å². The average Bonchev–Trinajstić information content (AvgIpc) is 2.75. The maximum Gasteiger partial charge on any atom is 0.233 e. The van der Waals surface area contributed by atoms with Gasteiger partial charge in [-0.1, -0.05) is 12.2 Å². The Morgan fingerprint density at radius 1 is 1.46 bits per heavy atom. The minimum Gasteiger partial charge on any atom is -0.392 e. The lowest BCUT2D eigenvalue weighted by atomic mass is 9.92. The molecule has 0 aromatic carbocycles. The molecule has 13 heavy (non-hydrogen) atoms. The summed E-state index contributed by atoms with van der Waals surface area (Å²) in [6, 6.07) is 0.388. The molecular formula is C9H14N2OS. The van der Waals surface area contributed by atoms with E-state index in [4.69, 9.17) is 18.0 Å². The summed E-state index contributed by atoms with van der Waals surface area (Å²) >= 11 is 4.89. The van der Waals surface area contributed by atoms with Crippen LogP contribution in [0.3, 0.4) is 0 Å². The van der Waals surface area contributed by atoms with Crippen LogP contribution in [0.25, 0.3) is 0 Å². The van der Waals surface area contributed by atoms with E-state index in [1.807, 2.05) is 0 Å². The highest BCUT2D eigenvalue weighted by Gasteiger charge is 2.53. The van der Waals surface area contributed by atoms with Crippen molar-refractivity contribution in [1.82, 2.24) is 5.32 Å². The molecular weight excluding hydrogens is 184 g/mol. The van der Waals surface area contributed by atoms with Gasteiger partial charge in [-0.25, -0.2) is 0 Å². The fourth-order valence-corrected chi connectivity index (χ4v) is 1.88. The molecule has 0 spiro atoms. The van der Waals surface area contributed by atoms with Crippen LogP contribution < -0.4 is 11.1 Å². The van der Waals surface area contributed by atoms with E-state index in [0.717, 1.165) is 25.7 Å². The zero-order chi connectivity index (χ0) is 9.47. The lowest BCUT2D eigenvalue weighted by molar-refractivity contribution is -0.125. The van der Waals surface area contributed by atoms with Gasteiger partial charge >= 0.3 is 0 Å². The van der Waals surface area contributed by atoms with Crippen molar-refractivity contribution in [3.63, 3.8) is 0 Å². The quantitative estimate of drug-likeness (QED) is 0.657. The van der Waals surface area contributed by atoms with Crippen molar-refractivity contribution in [3.05, 3.63) is 0 Å². The van der Waals surface area contributed by atoms with Crippen LogP contribution in [0.5, 0.6) is 0 Å². The Bertz CT molecular complexity index is 256. The van der Waals surface area contributed by atoms with E-state index in [-0.39, 0.29) is 5.91 Å². The molecule has 2 rings (SSSR count). The zero-order valence-electron chi connectivity index (χ0n) is 7.51. The number of thiocarbonyl (C=S) groups is 1. The van der Waals surface area contributed by atoms with Gasteiger partial charge in [-0.2, -0.15) is 0 Å². The molecule has 0 aromatic heterocycles. The third-order valence-electron chi connectivity index (χ3n) is 3.10. The fourth-order valence-electron chi connectivity index (χ4n) is 1.59. The molecule has 0 bridgehead atoms. The molecule has 2 saturated carbocycles. The van der Waals surface area contributed by atoms with Crippen LogP contribution in [0.15, 0.2) is 0 Å². The van der Waals surface area contributed by atoms with Crippen LogP contribution in [0.1, 0.15) is 32.1 Å². The maximum atomic E-state index is 11.7. The summed E-state index contributed by atoms with van der Waals surface area (Å²) < 4.78 is 0. The molecule has 72 valence electrons. The third-order valence-corrected chi connectivity index (χ3v) is 3.49. The maximum absolute atomic E-state index is 11.7. The number of nitrogens with one attached hydrogen (secondary N) is 1. The van der Waals surface area contributed by atoms with E-state index in [1.54, 1.807) is 0 Å². The van der Waals surface area contributed by atoms with E-state index >= 15 is 0 Å². The monoisotopic (exact) mass is 198 g/mol. The largest absolute Gasteiger partial charge is 0.392 e. The molecule has 0 radical (unpaired) electrons. The van der Waals surface area contributed by atoms with Crippen molar-refractivity contribution in [2.45, 2.75) is 38.1 Å². The predicted octanol–water partition coefficient (Wildman–Crippen LogP) is 0.721. The highest BCUT2D eigenvalue weighted by atomic mass is 32.1. The smallest absolute Gasteiger partial charge is 0.233 e. The Morgan fingerprint density at radius 3 is 2.38 bits per heavy atom. The summed E-state index contributed by atoms with van der Waals surface area (Å²) in [5.41, 5.74) is 5.07. The number of rotatable bonds is 3. The molecule has 0 saturated heterocycles. The average molecular weight is 198 g/mol. The summed E-state index contributed by atoms with van der Waals surface area (Å²) in [4.78, 5) is 12.1. The minimum atomic E-state index is -0.467. The summed E-state index contributed by atoms with van der Waals surface area (Å²) in [5, 5.41) is 2.99. The fraction of sp³-hybridized carbons (Fsp3) is 0.778. The van der Waals surface area contributed by atoms with E-state index < -0.39 is 5.41 Å². The molecule has 1 amide bonds. The lowest BCUT2D eigenvalue weighted by Gasteiger charge is -2.28. The summed E-state index contributed by atoms with van der Waals surface area (Å²) in [7, 11) is 0. The van der Waals surface area contributed by atoms with Gasteiger partial charge in [-0.05, 0) is 32.1 Å². The number of carbonyl (C=O) groups excluding carboxylic acids is 1. The van der Waals surface area contributed by atoms with Gasteiger partial charge in [0.25, 0.3) is 0 Å². The normalized spacial score (nSPS) is 24.6. The van der Waals surface area contributed by atoms with Crippen molar-refractivity contribution in [3.8, 4) is 0 Å². The molecule has 0 atom stereocenters. The van der Waals surface area contributed by atoms with E-state index in [1.165, 1.54) is 6.42 Å².